The number of nitrogens with zero attached hydrogens (tertiary/aromatic N) is 5. The van der Waals surface area contributed by atoms with Crippen molar-refractivity contribution in [3.05, 3.63) is 35.7 Å². The molecule has 0 N–H and O–H groups in total. The van der Waals surface area contributed by atoms with E-state index in [4.69, 9.17) is 3.54 Å². The van der Waals surface area contributed by atoms with E-state index in [1.54, 1.807) is 30.2 Å². The maximum absolute atomic E-state index is 12.7. The van der Waals surface area contributed by atoms with E-state index in [0.717, 1.165) is 12.3 Å². The second-order valence-corrected chi connectivity index (χ2v) is 5.17. The van der Waals surface area contributed by atoms with Gasteiger partial charge in [0.25, 0.3) is 0 Å². The van der Waals surface area contributed by atoms with Gasteiger partial charge in [0.15, 0.2) is 0 Å². The molecular formula is C14H13BrF3N5OOs-2. The minimum absolute atomic E-state index is 0.164. The fourth-order valence-electron chi connectivity index (χ4n) is 1.94. The van der Waals surface area contributed by atoms with Gasteiger partial charge in [-0.1, -0.05) is 22.1 Å². The van der Waals surface area contributed by atoms with Crippen molar-refractivity contribution in [3.63, 3.8) is 0 Å². The summed E-state index contributed by atoms with van der Waals surface area (Å²) in [6.07, 6.45) is -0.715. The zero-order valence-corrected chi connectivity index (χ0v) is 17.5. The van der Waals surface area contributed by atoms with Gasteiger partial charge in [-0.15, -0.1) is 0 Å². The molecule has 0 fully saturated rings. The van der Waals surface area contributed by atoms with Crippen molar-refractivity contribution in [1.82, 2.24) is 24.1 Å². The minimum atomic E-state index is -4.45. The average Bonchev–Trinajstić information content (AvgIpc) is 3.10. The normalized spacial score (nSPS) is 10.8. The molecule has 0 radical (unpaired) electrons. The summed E-state index contributed by atoms with van der Waals surface area (Å²) in [4.78, 5) is 12.2. The topological polar surface area (TPSA) is 65.6 Å². The van der Waals surface area contributed by atoms with E-state index >= 15 is 0 Å². The van der Waals surface area contributed by atoms with Crippen LogP contribution in [0.2, 0.25) is 0 Å². The van der Waals surface area contributed by atoms with Crippen molar-refractivity contribution in [3.8, 4) is 11.5 Å². The van der Waals surface area contributed by atoms with Crippen LogP contribution in [-0.2, 0) is 42.4 Å². The average molecular weight is 594 g/mol. The molecule has 3 heterocycles. The fraction of sp³-hybridized carbons (Fsp3) is 0.286. The van der Waals surface area contributed by atoms with Crippen LogP contribution in [0.5, 0.6) is 0 Å². The van der Waals surface area contributed by atoms with Crippen LogP contribution in [-0.4, -0.2) is 24.1 Å². The molecule has 0 aliphatic carbocycles. The molecule has 0 bridgehead atoms. The Balaban J connectivity index is 0.000000730. The standard InChI is InChI=1S/C12H8BrF3N5.C2H5.O.Os/c1-20-5-8(19-11(20)13)10-18-7-3-6(12(14,15)16)4-17-9(7)21(10)2;1-2;;/h3-4H,1-2H3;1H2,2H3;;/q2*-1;;. The van der Waals surface area contributed by atoms with Gasteiger partial charge >= 0.3 is 28.3 Å². The third-order valence-corrected chi connectivity index (χ3v) is 3.71. The quantitative estimate of drug-likeness (QED) is 0.404. The van der Waals surface area contributed by atoms with Gasteiger partial charge in [0.05, 0.1) is 21.6 Å². The van der Waals surface area contributed by atoms with Crippen LogP contribution in [0.3, 0.4) is 0 Å². The summed E-state index contributed by atoms with van der Waals surface area (Å²) in [6.45, 7) is 5.00. The molecule has 3 aromatic heterocycles. The van der Waals surface area contributed by atoms with Crippen LogP contribution in [0.4, 0.5) is 13.2 Å². The molecule has 0 amide bonds. The van der Waals surface area contributed by atoms with Crippen LogP contribution >= 0.6 is 15.9 Å². The summed E-state index contributed by atoms with van der Waals surface area (Å²) in [5.74, 6) is 0.401. The number of imidazole rings is 2. The summed E-state index contributed by atoms with van der Waals surface area (Å²) in [5.41, 5.74) is 0.120. The second kappa shape index (κ2) is 8.76. The Hall–Kier alpha value is -1.46. The van der Waals surface area contributed by atoms with Gasteiger partial charge in [-0.25, -0.2) is 4.98 Å². The van der Waals surface area contributed by atoms with Gasteiger partial charge in [0.1, 0.15) is 5.65 Å². The van der Waals surface area contributed by atoms with Crippen molar-refractivity contribution >= 4 is 27.1 Å². The number of pyridine rings is 1. The van der Waals surface area contributed by atoms with E-state index in [1.807, 2.05) is 0 Å². The third-order valence-electron chi connectivity index (χ3n) is 3.00. The van der Waals surface area contributed by atoms with Gasteiger partial charge in [0, 0.05) is 13.2 Å². The number of aryl methyl sites for hydroxylation is 2. The maximum atomic E-state index is 12.7. The van der Waals surface area contributed by atoms with E-state index < -0.39 is 11.7 Å². The molecule has 0 aliphatic rings. The summed E-state index contributed by atoms with van der Waals surface area (Å²) >= 11 is 3.85. The molecule has 3 aromatic rings. The predicted octanol–water partition coefficient (Wildman–Crippen LogP) is 3.67. The predicted molar refractivity (Wildman–Crippen MR) is 84.0 cm³/mol. The molecule has 25 heavy (non-hydrogen) atoms. The summed E-state index contributed by atoms with van der Waals surface area (Å²) in [6, 6.07) is 0.976. The van der Waals surface area contributed by atoms with E-state index in [2.05, 4.69) is 44.0 Å². The zero-order valence-electron chi connectivity index (χ0n) is 13.4. The first kappa shape index (κ1) is 21.6. The van der Waals surface area contributed by atoms with Crippen LogP contribution < -0.4 is 0 Å². The molecule has 11 heteroatoms. The Bertz CT molecular complexity index is 843. The molecule has 0 saturated carbocycles. The molecule has 0 aromatic carbocycles. The number of halogens is 4. The van der Waals surface area contributed by atoms with Crippen molar-refractivity contribution in [2.75, 3.05) is 0 Å². The summed E-state index contributed by atoms with van der Waals surface area (Å²) < 4.78 is 50.1. The zero-order chi connectivity index (χ0) is 19.4. The Labute approximate surface area is 160 Å². The molecule has 0 unspecified atom stereocenters. The van der Waals surface area contributed by atoms with Gasteiger partial charge in [-0.2, -0.15) is 20.1 Å². The molecule has 0 saturated heterocycles. The number of rotatable bonds is 1. The van der Waals surface area contributed by atoms with Gasteiger partial charge in [0.2, 0.25) is 0 Å². The van der Waals surface area contributed by atoms with E-state index in [1.165, 1.54) is 0 Å². The van der Waals surface area contributed by atoms with E-state index in [-0.39, 0.29) is 5.52 Å². The fourth-order valence-corrected chi connectivity index (χ4v) is 2.21. The SMILES string of the molecule is Cn1[c-]c(-c2nc3cc(C(F)(F)F)cnc3n2C)nc1Br.[CH2-]C.[O]=[Os]. The number of hydrogen-bond donors (Lipinski definition) is 0. The first-order valence-electron chi connectivity index (χ1n) is 6.64. The third kappa shape index (κ3) is 4.58. The number of aromatic nitrogens is 5. The first-order chi connectivity index (χ1) is 11.8. The number of fused-ring (bicyclic) bond motifs is 1. The molecule has 3 rings (SSSR count). The molecular weight excluding hydrogens is 581 g/mol. The van der Waals surface area contributed by atoms with Crippen LogP contribution in [0, 0.1) is 13.1 Å². The molecule has 6 nitrogen and oxygen atoms in total. The Morgan fingerprint density at radius 1 is 1.24 bits per heavy atom. The summed E-state index contributed by atoms with van der Waals surface area (Å²) in [7, 11) is 3.41. The Morgan fingerprint density at radius 3 is 2.32 bits per heavy atom. The van der Waals surface area contributed by atoms with E-state index in [0.29, 0.717) is 40.5 Å². The van der Waals surface area contributed by atoms with Crippen LogP contribution in [0.25, 0.3) is 22.7 Å². The second-order valence-electron chi connectivity index (χ2n) is 4.46. The van der Waals surface area contributed by atoms with Gasteiger partial charge in [-0.3, -0.25) is 4.98 Å². The van der Waals surface area contributed by atoms with Crippen molar-refractivity contribution < 1.29 is 35.3 Å². The molecule has 0 atom stereocenters. The molecule has 0 aliphatic heterocycles. The van der Waals surface area contributed by atoms with Crippen molar-refractivity contribution in [1.29, 1.82) is 0 Å². The van der Waals surface area contributed by atoms with Crippen molar-refractivity contribution in [2.24, 2.45) is 14.1 Å². The van der Waals surface area contributed by atoms with Gasteiger partial charge in [-0.05, 0) is 18.8 Å². The van der Waals surface area contributed by atoms with Gasteiger partial charge < -0.3 is 21.0 Å². The van der Waals surface area contributed by atoms with Crippen LogP contribution in [0.15, 0.2) is 17.0 Å². The Kier molecular flexibility index (Phi) is 7.56. The Morgan fingerprint density at radius 2 is 1.84 bits per heavy atom. The number of hydrogen-bond acceptors (Lipinski definition) is 4. The first-order valence-corrected chi connectivity index (χ1v) is 8.47. The van der Waals surface area contributed by atoms with E-state index in [9.17, 15) is 13.2 Å². The number of alkyl halides is 3. The summed E-state index contributed by atoms with van der Waals surface area (Å²) in [5, 5.41) is 0. The van der Waals surface area contributed by atoms with Crippen LogP contribution in [0.1, 0.15) is 12.5 Å². The molecule has 0 spiro atoms. The molecule has 138 valence electrons. The van der Waals surface area contributed by atoms with Crippen molar-refractivity contribution in [2.45, 2.75) is 13.1 Å². The monoisotopic (exact) mass is 595 g/mol.